The van der Waals surface area contributed by atoms with Crippen LogP contribution in [0.25, 0.3) is 12.2 Å². The molecule has 0 heterocycles. The van der Waals surface area contributed by atoms with Gasteiger partial charge < -0.3 is 15.1 Å². The van der Waals surface area contributed by atoms with E-state index < -0.39 is 0 Å². The number of aliphatic hydroxyl groups is 2. The zero-order valence-corrected chi connectivity index (χ0v) is 16.6. The Bertz CT molecular complexity index is 689. The minimum atomic E-state index is -0.118. The van der Waals surface area contributed by atoms with E-state index >= 15 is 0 Å². The largest absolute Gasteiger partial charge is 0.394 e. The highest BCUT2D eigenvalue weighted by Crippen LogP contribution is 2.19. The second-order valence-corrected chi connectivity index (χ2v) is 6.06. The predicted molar refractivity (Wildman–Crippen MR) is 114 cm³/mol. The molecule has 2 rings (SSSR count). The summed E-state index contributed by atoms with van der Waals surface area (Å²) in [5, 5.41) is 19.0. The Labute approximate surface area is 167 Å². The van der Waals surface area contributed by atoms with E-state index in [9.17, 15) is 0 Å². The maximum atomic E-state index is 8.92. The molecule has 0 atom stereocenters. The van der Waals surface area contributed by atoms with Crippen LogP contribution in [0.2, 0.25) is 0 Å². The van der Waals surface area contributed by atoms with Crippen molar-refractivity contribution in [2.45, 2.75) is 13.8 Å². The molecule has 0 radical (unpaired) electrons. The average molecular weight is 386 g/mol. The van der Waals surface area contributed by atoms with Crippen LogP contribution in [0.15, 0.2) is 48.5 Å². The van der Waals surface area contributed by atoms with Gasteiger partial charge in [-0.15, -0.1) is 5.23 Å². The van der Waals surface area contributed by atoms with Crippen LogP contribution in [-0.2, 0) is 9.68 Å². The maximum absolute atomic E-state index is 8.92. The number of rotatable bonds is 12. The van der Waals surface area contributed by atoms with Gasteiger partial charge >= 0.3 is 0 Å². The van der Waals surface area contributed by atoms with Crippen LogP contribution in [0.4, 0.5) is 11.4 Å². The Balaban J connectivity index is 2.02. The molecule has 0 saturated carbocycles. The van der Waals surface area contributed by atoms with E-state index in [4.69, 9.17) is 19.9 Å². The van der Waals surface area contributed by atoms with Gasteiger partial charge in [0.15, 0.2) is 0 Å². The van der Waals surface area contributed by atoms with E-state index in [1.807, 2.05) is 30.3 Å². The van der Waals surface area contributed by atoms with E-state index in [0.29, 0.717) is 5.69 Å². The topological polar surface area (TPSA) is 65.4 Å². The molecule has 6 heteroatoms. The molecule has 152 valence electrons. The van der Waals surface area contributed by atoms with Gasteiger partial charge in [-0.2, -0.15) is 0 Å². The molecule has 6 nitrogen and oxygen atoms in total. The number of hydrogen-bond donors (Lipinski definition) is 2. The van der Waals surface area contributed by atoms with Crippen LogP contribution in [0.1, 0.15) is 25.0 Å². The van der Waals surface area contributed by atoms with Crippen molar-refractivity contribution in [1.29, 1.82) is 0 Å². The summed E-state index contributed by atoms with van der Waals surface area (Å²) in [6.07, 6.45) is 4.12. The number of anilines is 2. The van der Waals surface area contributed by atoms with Crippen molar-refractivity contribution in [3.05, 3.63) is 59.7 Å². The van der Waals surface area contributed by atoms with Crippen molar-refractivity contribution in [2.24, 2.45) is 0 Å². The van der Waals surface area contributed by atoms with E-state index in [0.717, 1.165) is 24.2 Å². The SMILES string of the molecule is CCN(CC)c1ccc(C=Cc2ccc(N(OCCO)OCCO)cc2)cc1. The van der Waals surface area contributed by atoms with E-state index in [-0.39, 0.29) is 26.4 Å². The van der Waals surface area contributed by atoms with Crippen molar-refractivity contribution in [2.75, 3.05) is 49.6 Å². The summed E-state index contributed by atoms with van der Waals surface area (Å²) in [6.45, 7) is 6.29. The fourth-order valence-electron chi connectivity index (χ4n) is 2.72. The Morgan fingerprint density at radius 3 is 1.54 bits per heavy atom. The lowest BCUT2D eigenvalue weighted by atomic mass is 10.1. The van der Waals surface area contributed by atoms with Gasteiger partial charge in [0.1, 0.15) is 13.2 Å². The molecule has 0 aliphatic heterocycles. The molecule has 0 fully saturated rings. The summed E-state index contributed by atoms with van der Waals surface area (Å²) in [7, 11) is 0. The van der Waals surface area contributed by atoms with Gasteiger partial charge in [0.2, 0.25) is 0 Å². The summed E-state index contributed by atoms with van der Waals surface area (Å²) >= 11 is 0. The third-order valence-corrected chi connectivity index (χ3v) is 4.19. The molecule has 0 amide bonds. The lowest BCUT2D eigenvalue weighted by molar-refractivity contribution is -0.103. The highest BCUT2D eigenvalue weighted by atomic mass is 16.9. The first kappa shape index (κ1) is 21.9. The highest BCUT2D eigenvalue weighted by Gasteiger charge is 2.07. The molecule has 0 aliphatic rings. The third kappa shape index (κ3) is 6.65. The smallest absolute Gasteiger partial charge is 0.101 e. The van der Waals surface area contributed by atoms with Crippen molar-refractivity contribution < 1.29 is 19.9 Å². The second kappa shape index (κ2) is 12.2. The molecule has 2 aromatic rings. The summed E-state index contributed by atoms with van der Waals surface area (Å²) < 4.78 is 0. The first-order valence-electron chi connectivity index (χ1n) is 9.62. The zero-order chi connectivity index (χ0) is 20.2. The van der Waals surface area contributed by atoms with Gasteiger partial charge in [-0.3, -0.25) is 0 Å². The van der Waals surface area contributed by atoms with Gasteiger partial charge in [0.25, 0.3) is 0 Å². The fourth-order valence-corrected chi connectivity index (χ4v) is 2.72. The fraction of sp³-hybridized carbons (Fsp3) is 0.364. The molecule has 0 unspecified atom stereocenters. The lowest BCUT2D eigenvalue weighted by Gasteiger charge is -2.22. The molecule has 2 N–H and O–H groups in total. The normalized spacial score (nSPS) is 11.1. The van der Waals surface area contributed by atoms with E-state index in [1.54, 1.807) is 0 Å². The molecule has 0 aromatic heterocycles. The summed E-state index contributed by atoms with van der Waals surface area (Å²) in [4.78, 5) is 13.0. The zero-order valence-electron chi connectivity index (χ0n) is 16.6. The van der Waals surface area contributed by atoms with Crippen LogP contribution in [0.5, 0.6) is 0 Å². The molecule has 28 heavy (non-hydrogen) atoms. The molecule has 0 aliphatic carbocycles. The van der Waals surface area contributed by atoms with Crippen molar-refractivity contribution >= 4 is 23.5 Å². The minimum absolute atomic E-state index is 0.108. The van der Waals surface area contributed by atoms with Crippen LogP contribution in [0, 0.1) is 0 Å². The number of aliphatic hydroxyl groups excluding tert-OH is 2. The lowest BCUT2D eigenvalue weighted by Crippen LogP contribution is -2.27. The highest BCUT2D eigenvalue weighted by molar-refractivity contribution is 5.71. The number of benzene rings is 2. The average Bonchev–Trinajstić information content (AvgIpc) is 2.75. The quantitative estimate of drug-likeness (QED) is 0.431. The van der Waals surface area contributed by atoms with Gasteiger partial charge in [-0.25, -0.2) is 9.68 Å². The van der Waals surface area contributed by atoms with Crippen LogP contribution < -0.4 is 10.1 Å². The Morgan fingerprint density at radius 2 is 1.14 bits per heavy atom. The van der Waals surface area contributed by atoms with Crippen molar-refractivity contribution in [3.63, 3.8) is 0 Å². The monoisotopic (exact) mass is 386 g/mol. The van der Waals surface area contributed by atoms with E-state index in [1.165, 1.54) is 10.9 Å². The molecular weight excluding hydrogens is 356 g/mol. The molecule has 0 spiro atoms. The first-order valence-corrected chi connectivity index (χ1v) is 9.62. The van der Waals surface area contributed by atoms with Gasteiger partial charge in [-0.1, -0.05) is 36.4 Å². The second-order valence-electron chi connectivity index (χ2n) is 6.06. The van der Waals surface area contributed by atoms with E-state index in [2.05, 4.69) is 49.1 Å². The number of nitrogens with zero attached hydrogens (tertiary/aromatic N) is 2. The maximum Gasteiger partial charge on any atom is 0.101 e. The predicted octanol–water partition coefficient (Wildman–Crippen LogP) is 3.36. The van der Waals surface area contributed by atoms with Gasteiger partial charge in [0.05, 0.1) is 18.9 Å². The number of hydrogen-bond acceptors (Lipinski definition) is 6. The summed E-state index contributed by atoms with van der Waals surface area (Å²) in [5.74, 6) is 0. The minimum Gasteiger partial charge on any atom is -0.394 e. The van der Waals surface area contributed by atoms with Gasteiger partial charge in [0, 0.05) is 18.8 Å². The molecule has 0 saturated heterocycles. The summed E-state index contributed by atoms with van der Waals surface area (Å²) in [6, 6.07) is 16.1. The van der Waals surface area contributed by atoms with Crippen LogP contribution in [-0.4, -0.2) is 49.7 Å². The van der Waals surface area contributed by atoms with Crippen molar-refractivity contribution in [1.82, 2.24) is 0 Å². The third-order valence-electron chi connectivity index (χ3n) is 4.19. The first-order chi connectivity index (χ1) is 13.7. The Hall–Kier alpha value is -2.38. The molecule has 2 aromatic carbocycles. The summed E-state index contributed by atoms with van der Waals surface area (Å²) in [5.41, 5.74) is 4.10. The standard InChI is InChI=1S/C22H30N2O4/c1-3-23(4-2)21-11-7-19(8-12-21)5-6-20-9-13-22(14-10-20)24(27-17-15-25)28-18-16-26/h5-14,25-26H,3-4,15-18H2,1-2H3. The Morgan fingerprint density at radius 1 is 0.714 bits per heavy atom. The Kier molecular flexibility index (Phi) is 9.51. The van der Waals surface area contributed by atoms with Gasteiger partial charge in [-0.05, 0) is 49.2 Å². The van der Waals surface area contributed by atoms with Crippen LogP contribution >= 0.6 is 0 Å². The molecule has 0 bridgehead atoms. The van der Waals surface area contributed by atoms with Crippen LogP contribution in [0.3, 0.4) is 0 Å². The van der Waals surface area contributed by atoms with Crippen molar-refractivity contribution in [3.8, 4) is 0 Å². The molecular formula is C22H30N2O4.